The second-order valence-electron chi connectivity index (χ2n) is 4.42. The van der Waals surface area contributed by atoms with Gasteiger partial charge in [0.05, 0.1) is 9.85 Å². The molecule has 0 aromatic heterocycles. The topological polar surface area (TPSA) is 95.5 Å². The molecule has 7 nitrogen and oxygen atoms in total. The van der Waals surface area contributed by atoms with Crippen LogP contribution in [0, 0.1) is 20.2 Å². The van der Waals surface area contributed by atoms with Gasteiger partial charge in [0.1, 0.15) is 0 Å². The van der Waals surface area contributed by atoms with Crippen LogP contribution < -0.4 is 4.74 Å². The number of ether oxygens (including phenoxy) is 1. The van der Waals surface area contributed by atoms with Crippen molar-refractivity contribution in [3.05, 3.63) is 80.9 Å². The van der Waals surface area contributed by atoms with Crippen molar-refractivity contribution in [2.24, 2.45) is 0 Å². The first-order chi connectivity index (χ1) is 11.0. The van der Waals surface area contributed by atoms with E-state index in [-0.39, 0.29) is 22.9 Å². The van der Waals surface area contributed by atoms with Crippen LogP contribution in [0.5, 0.6) is 11.5 Å². The fourth-order valence-electron chi connectivity index (χ4n) is 2.02. The Morgan fingerprint density at radius 3 is 1.52 bits per heavy atom. The van der Waals surface area contributed by atoms with Gasteiger partial charge in [0.2, 0.25) is 11.5 Å². The predicted molar refractivity (Wildman–Crippen MR) is 86.4 cm³/mol. The normalized spacial score (nSPS) is 9.91. The molecule has 0 amide bonds. The minimum absolute atomic E-state index is 0.107. The number of para-hydroxylation sites is 2. The van der Waals surface area contributed by atoms with E-state index in [1.54, 1.807) is 12.1 Å². The van der Waals surface area contributed by atoms with E-state index in [9.17, 15) is 20.2 Å². The molecule has 0 atom stereocenters. The zero-order valence-electron chi connectivity index (χ0n) is 12.0. The van der Waals surface area contributed by atoms with Crippen molar-refractivity contribution < 1.29 is 14.6 Å². The van der Waals surface area contributed by atoms with E-state index in [2.05, 4.69) is 13.2 Å². The summed E-state index contributed by atoms with van der Waals surface area (Å²) in [5.74, 6) is -0.213. The molecule has 0 saturated heterocycles. The second-order valence-corrected chi connectivity index (χ2v) is 4.42. The van der Waals surface area contributed by atoms with Crippen molar-refractivity contribution in [2.75, 3.05) is 0 Å². The Morgan fingerprint density at radius 2 is 1.22 bits per heavy atom. The van der Waals surface area contributed by atoms with Crippen molar-refractivity contribution >= 4 is 23.5 Å². The first-order valence-corrected chi connectivity index (χ1v) is 6.47. The molecule has 7 heteroatoms. The van der Waals surface area contributed by atoms with Gasteiger partial charge < -0.3 is 4.74 Å². The van der Waals surface area contributed by atoms with Gasteiger partial charge in [0.15, 0.2) is 0 Å². The van der Waals surface area contributed by atoms with Gasteiger partial charge in [-0.25, -0.2) is 0 Å². The van der Waals surface area contributed by atoms with E-state index < -0.39 is 9.85 Å². The Kier molecular flexibility index (Phi) is 4.51. The van der Waals surface area contributed by atoms with E-state index in [1.807, 2.05) is 0 Å². The lowest BCUT2D eigenvalue weighted by Crippen LogP contribution is -1.99. The molecule has 0 unspecified atom stereocenters. The number of nitro benzene ring substituents is 2. The standard InChI is InChI=1S/C16H12N2O5/c1-3-11-7-5-9-13(17(19)20)15(11)23-16-12(4-2)8-6-10-14(16)18(21)22/h3-10H,1-2H2. The van der Waals surface area contributed by atoms with Gasteiger partial charge in [-0.2, -0.15) is 0 Å². The molecule has 0 spiro atoms. The van der Waals surface area contributed by atoms with E-state index in [1.165, 1.54) is 36.4 Å². The Balaban J connectivity index is 2.69. The van der Waals surface area contributed by atoms with Crippen LogP contribution in [0.25, 0.3) is 12.2 Å². The third kappa shape index (κ3) is 3.08. The lowest BCUT2D eigenvalue weighted by atomic mass is 10.1. The predicted octanol–water partition coefficient (Wildman–Crippen LogP) is 4.58. The number of rotatable bonds is 6. The molecule has 116 valence electrons. The molecule has 2 aromatic carbocycles. The van der Waals surface area contributed by atoms with Crippen molar-refractivity contribution in [1.29, 1.82) is 0 Å². The highest BCUT2D eigenvalue weighted by Gasteiger charge is 2.24. The summed E-state index contributed by atoms with van der Waals surface area (Å²) < 4.78 is 5.58. The highest BCUT2D eigenvalue weighted by atomic mass is 16.6. The third-order valence-electron chi connectivity index (χ3n) is 3.09. The third-order valence-corrected chi connectivity index (χ3v) is 3.09. The molecule has 0 aliphatic rings. The quantitative estimate of drug-likeness (QED) is 0.574. The molecule has 0 aliphatic heterocycles. The van der Waals surface area contributed by atoms with E-state index in [0.29, 0.717) is 11.1 Å². The average Bonchev–Trinajstić information content (AvgIpc) is 2.54. The summed E-state index contributed by atoms with van der Waals surface area (Å²) in [5.41, 5.74) is 0.0888. The highest BCUT2D eigenvalue weighted by molar-refractivity contribution is 5.69. The fourth-order valence-corrected chi connectivity index (χ4v) is 2.02. The number of hydrogen-bond acceptors (Lipinski definition) is 5. The van der Waals surface area contributed by atoms with Gasteiger partial charge in [-0.3, -0.25) is 20.2 Å². The van der Waals surface area contributed by atoms with Crippen LogP contribution in [0.3, 0.4) is 0 Å². The lowest BCUT2D eigenvalue weighted by Gasteiger charge is -2.11. The maximum Gasteiger partial charge on any atom is 0.312 e. The zero-order chi connectivity index (χ0) is 17.0. The van der Waals surface area contributed by atoms with Crippen LogP contribution in [0.1, 0.15) is 11.1 Å². The number of nitro groups is 2. The Bertz CT molecular complexity index is 747. The number of nitrogens with zero attached hydrogens (tertiary/aromatic N) is 2. The van der Waals surface area contributed by atoms with Crippen LogP contribution in [-0.2, 0) is 0 Å². The summed E-state index contributed by atoms with van der Waals surface area (Å²) >= 11 is 0. The summed E-state index contributed by atoms with van der Waals surface area (Å²) in [7, 11) is 0. The van der Waals surface area contributed by atoms with Gasteiger partial charge in [0, 0.05) is 23.3 Å². The molecule has 23 heavy (non-hydrogen) atoms. The first-order valence-electron chi connectivity index (χ1n) is 6.47. The Morgan fingerprint density at radius 1 is 0.826 bits per heavy atom. The second kappa shape index (κ2) is 6.52. The van der Waals surface area contributed by atoms with Crippen molar-refractivity contribution in [2.45, 2.75) is 0 Å². The van der Waals surface area contributed by atoms with Crippen LogP contribution in [-0.4, -0.2) is 9.85 Å². The van der Waals surface area contributed by atoms with Crippen LogP contribution in [0.4, 0.5) is 11.4 Å². The SMILES string of the molecule is C=Cc1cccc([N+](=O)[O-])c1Oc1c(C=C)cccc1[N+](=O)[O-]. The summed E-state index contributed by atoms with van der Waals surface area (Å²) in [6.07, 6.45) is 2.76. The monoisotopic (exact) mass is 312 g/mol. The Labute approximate surface area is 131 Å². The summed E-state index contributed by atoms with van der Waals surface area (Å²) in [5, 5.41) is 22.4. The van der Waals surface area contributed by atoms with Crippen molar-refractivity contribution in [3.8, 4) is 11.5 Å². The smallest absolute Gasteiger partial charge is 0.312 e. The lowest BCUT2D eigenvalue weighted by molar-refractivity contribution is -0.387. The van der Waals surface area contributed by atoms with E-state index in [0.717, 1.165) is 0 Å². The van der Waals surface area contributed by atoms with Gasteiger partial charge in [0.25, 0.3) is 0 Å². The van der Waals surface area contributed by atoms with Gasteiger partial charge in [-0.15, -0.1) is 0 Å². The Hall–Kier alpha value is -3.48. The van der Waals surface area contributed by atoms with Crippen LogP contribution in [0.15, 0.2) is 49.6 Å². The van der Waals surface area contributed by atoms with Gasteiger partial charge in [-0.1, -0.05) is 49.6 Å². The molecular formula is C16H12N2O5. The highest BCUT2D eigenvalue weighted by Crippen LogP contribution is 2.41. The first kappa shape index (κ1) is 15.9. The fraction of sp³-hybridized carbons (Fsp3) is 0. The van der Waals surface area contributed by atoms with E-state index in [4.69, 9.17) is 4.74 Å². The van der Waals surface area contributed by atoms with Crippen LogP contribution in [0.2, 0.25) is 0 Å². The maximum atomic E-state index is 11.2. The molecule has 0 N–H and O–H groups in total. The maximum absolute atomic E-state index is 11.2. The van der Waals surface area contributed by atoms with Gasteiger partial charge in [-0.05, 0) is 0 Å². The number of hydrogen-bond donors (Lipinski definition) is 0. The summed E-state index contributed by atoms with van der Waals surface area (Å²) in [6, 6.07) is 8.61. The summed E-state index contributed by atoms with van der Waals surface area (Å²) in [6.45, 7) is 7.15. The molecule has 2 aromatic rings. The minimum Gasteiger partial charge on any atom is -0.442 e. The number of benzene rings is 2. The zero-order valence-corrected chi connectivity index (χ0v) is 12.0. The van der Waals surface area contributed by atoms with Crippen molar-refractivity contribution in [1.82, 2.24) is 0 Å². The van der Waals surface area contributed by atoms with Crippen molar-refractivity contribution in [3.63, 3.8) is 0 Å². The minimum atomic E-state index is -0.620. The molecule has 0 saturated carbocycles. The van der Waals surface area contributed by atoms with Gasteiger partial charge >= 0.3 is 11.4 Å². The molecule has 0 radical (unpaired) electrons. The largest absolute Gasteiger partial charge is 0.442 e. The molecule has 0 aliphatic carbocycles. The average molecular weight is 312 g/mol. The van der Waals surface area contributed by atoms with E-state index >= 15 is 0 Å². The molecular weight excluding hydrogens is 300 g/mol. The molecule has 0 fully saturated rings. The van der Waals surface area contributed by atoms with Crippen LogP contribution >= 0.6 is 0 Å². The molecule has 2 rings (SSSR count). The molecule has 0 heterocycles. The summed E-state index contributed by atoms with van der Waals surface area (Å²) in [4.78, 5) is 21.1. The molecule has 0 bridgehead atoms.